The van der Waals surface area contributed by atoms with Crippen LogP contribution in [0.15, 0.2) is 42.7 Å². The van der Waals surface area contributed by atoms with Gasteiger partial charge in [-0.2, -0.15) is 0 Å². The molecular formula is C19H22ClN5. The predicted molar refractivity (Wildman–Crippen MR) is 104 cm³/mol. The van der Waals surface area contributed by atoms with E-state index in [0.717, 1.165) is 22.0 Å². The van der Waals surface area contributed by atoms with E-state index in [1.165, 1.54) is 32.4 Å². The van der Waals surface area contributed by atoms with Gasteiger partial charge in [0.25, 0.3) is 0 Å². The Kier molecular flexibility index (Phi) is 5.79. The maximum atomic E-state index is 5.88. The molecule has 130 valence electrons. The molecule has 1 fully saturated rings. The number of piperidine rings is 1. The number of nitrogens with zero attached hydrogens (tertiary/aromatic N) is 4. The van der Waals surface area contributed by atoms with Crippen molar-refractivity contribution in [2.75, 3.05) is 25.9 Å². The number of nitrogens with two attached hydrogens (primary N) is 1. The van der Waals surface area contributed by atoms with Crippen LogP contribution >= 0.6 is 11.6 Å². The van der Waals surface area contributed by atoms with E-state index in [4.69, 9.17) is 17.3 Å². The quantitative estimate of drug-likeness (QED) is 0.713. The molecule has 0 aliphatic carbocycles. The molecule has 4 rings (SSSR count). The Morgan fingerprint density at radius 1 is 0.960 bits per heavy atom. The number of likely N-dealkylation sites (tertiary alicyclic amines) is 1. The lowest BCUT2D eigenvalue weighted by molar-refractivity contribution is 0.277. The number of aromatic nitrogens is 3. The molecule has 1 saturated heterocycles. The Morgan fingerprint density at radius 3 is 2.32 bits per heavy atom. The minimum Gasteiger partial charge on any atom is -0.382 e. The molecule has 25 heavy (non-hydrogen) atoms. The van der Waals surface area contributed by atoms with Crippen molar-refractivity contribution >= 4 is 28.2 Å². The first kappa shape index (κ1) is 17.6. The summed E-state index contributed by atoms with van der Waals surface area (Å²) in [5, 5.41) is 10.5. The van der Waals surface area contributed by atoms with Gasteiger partial charge in [-0.25, -0.2) is 0 Å². The predicted octanol–water partition coefficient (Wildman–Crippen LogP) is 4.03. The summed E-state index contributed by atoms with van der Waals surface area (Å²) in [6.07, 6.45) is 7.68. The summed E-state index contributed by atoms with van der Waals surface area (Å²) in [5.74, 6) is 0.385. The van der Waals surface area contributed by atoms with Gasteiger partial charge in [0.05, 0.1) is 0 Å². The first-order chi connectivity index (χ1) is 12.1. The number of rotatable bonds is 1. The standard InChI is InChI=1S/C13H9ClN4.C6H13N/c14-9-3-1-8(2-4-9)12-10-5-6-16-7-11(10)13(15)18-17-12;1-7-5-3-2-4-6-7/h1-7H,(H2,15,18);2-6H2,1H3. The molecule has 0 unspecified atom stereocenters. The van der Waals surface area contributed by atoms with E-state index in [1.807, 2.05) is 30.3 Å². The molecule has 3 aromatic rings. The zero-order valence-electron chi connectivity index (χ0n) is 14.3. The van der Waals surface area contributed by atoms with Gasteiger partial charge in [-0.15, -0.1) is 10.2 Å². The highest BCUT2D eigenvalue weighted by atomic mass is 35.5. The Balaban J connectivity index is 0.000000219. The molecule has 2 aromatic heterocycles. The number of fused-ring (bicyclic) bond motifs is 1. The molecule has 0 saturated carbocycles. The molecule has 1 aliphatic heterocycles. The lowest BCUT2D eigenvalue weighted by Crippen LogP contribution is -2.24. The molecule has 2 N–H and O–H groups in total. The maximum Gasteiger partial charge on any atom is 0.155 e. The van der Waals surface area contributed by atoms with Crippen molar-refractivity contribution in [1.29, 1.82) is 0 Å². The van der Waals surface area contributed by atoms with Crippen LogP contribution < -0.4 is 5.73 Å². The van der Waals surface area contributed by atoms with Crippen molar-refractivity contribution in [3.63, 3.8) is 0 Å². The van der Waals surface area contributed by atoms with Gasteiger partial charge in [0, 0.05) is 33.8 Å². The van der Waals surface area contributed by atoms with E-state index in [-0.39, 0.29) is 0 Å². The molecule has 1 aliphatic rings. The van der Waals surface area contributed by atoms with Gasteiger partial charge in [-0.3, -0.25) is 4.98 Å². The summed E-state index contributed by atoms with van der Waals surface area (Å²) in [7, 11) is 2.19. The van der Waals surface area contributed by atoms with Crippen molar-refractivity contribution in [1.82, 2.24) is 20.1 Å². The summed E-state index contributed by atoms with van der Waals surface area (Å²) in [5.41, 5.74) is 7.52. The lowest BCUT2D eigenvalue weighted by atomic mass is 10.1. The minimum atomic E-state index is 0.385. The van der Waals surface area contributed by atoms with Crippen LogP contribution in [0.2, 0.25) is 5.02 Å². The topological polar surface area (TPSA) is 67.9 Å². The number of benzene rings is 1. The summed E-state index contributed by atoms with van der Waals surface area (Å²) in [6.45, 7) is 2.64. The Labute approximate surface area is 152 Å². The number of hydrogen-bond donors (Lipinski definition) is 1. The number of nitrogen functional groups attached to an aromatic ring is 1. The van der Waals surface area contributed by atoms with E-state index < -0.39 is 0 Å². The largest absolute Gasteiger partial charge is 0.382 e. The van der Waals surface area contributed by atoms with Crippen molar-refractivity contribution in [3.05, 3.63) is 47.7 Å². The van der Waals surface area contributed by atoms with E-state index in [2.05, 4.69) is 27.1 Å². The number of halogens is 1. The van der Waals surface area contributed by atoms with Crippen LogP contribution in [0.3, 0.4) is 0 Å². The monoisotopic (exact) mass is 355 g/mol. The van der Waals surface area contributed by atoms with Gasteiger partial charge in [0.1, 0.15) is 5.69 Å². The third-order valence-electron chi connectivity index (χ3n) is 4.31. The van der Waals surface area contributed by atoms with Crippen molar-refractivity contribution in [2.24, 2.45) is 0 Å². The Morgan fingerprint density at radius 2 is 1.68 bits per heavy atom. The van der Waals surface area contributed by atoms with E-state index >= 15 is 0 Å². The second-order valence-corrected chi connectivity index (χ2v) is 6.66. The van der Waals surface area contributed by atoms with E-state index in [1.54, 1.807) is 12.4 Å². The Bertz CT molecular complexity index is 829. The third-order valence-corrected chi connectivity index (χ3v) is 4.56. The average Bonchev–Trinajstić information content (AvgIpc) is 2.65. The average molecular weight is 356 g/mol. The first-order valence-electron chi connectivity index (χ1n) is 8.45. The van der Waals surface area contributed by atoms with Crippen LogP contribution in [-0.2, 0) is 0 Å². The molecule has 0 atom stereocenters. The molecule has 0 radical (unpaired) electrons. The summed E-state index contributed by atoms with van der Waals surface area (Å²) >= 11 is 5.88. The summed E-state index contributed by atoms with van der Waals surface area (Å²) in [6, 6.07) is 9.33. The molecule has 3 heterocycles. The van der Waals surface area contributed by atoms with Crippen LogP contribution in [0.25, 0.3) is 22.0 Å². The third kappa shape index (κ3) is 4.44. The normalized spacial score (nSPS) is 14.8. The van der Waals surface area contributed by atoms with Crippen LogP contribution in [0, 0.1) is 0 Å². The van der Waals surface area contributed by atoms with Gasteiger partial charge >= 0.3 is 0 Å². The van der Waals surface area contributed by atoms with Gasteiger partial charge in [-0.1, -0.05) is 30.2 Å². The SMILES string of the molecule is CN1CCCCC1.Nc1nnc(-c2ccc(Cl)cc2)c2ccncc12. The van der Waals surface area contributed by atoms with Gasteiger partial charge in [-0.05, 0) is 51.2 Å². The van der Waals surface area contributed by atoms with Crippen LogP contribution in [0.1, 0.15) is 19.3 Å². The summed E-state index contributed by atoms with van der Waals surface area (Å²) in [4.78, 5) is 6.45. The molecule has 0 amide bonds. The highest BCUT2D eigenvalue weighted by molar-refractivity contribution is 6.30. The molecule has 0 spiro atoms. The zero-order valence-corrected chi connectivity index (χ0v) is 15.1. The minimum absolute atomic E-state index is 0.385. The molecular weight excluding hydrogens is 334 g/mol. The zero-order chi connectivity index (χ0) is 17.6. The first-order valence-corrected chi connectivity index (χ1v) is 8.83. The fraction of sp³-hybridized carbons (Fsp3) is 0.316. The summed E-state index contributed by atoms with van der Waals surface area (Å²) < 4.78 is 0. The van der Waals surface area contributed by atoms with E-state index in [9.17, 15) is 0 Å². The molecule has 1 aromatic carbocycles. The van der Waals surface area contributed by atoms with Crippen molar-refractivity contribution in [3.8, 4) is 11.3 Å². The molecule has 5 nitrogen and oxygen atoms in total. The van der Waals surface area contributed by atoms with Crippen LogP contribution in [0.4, 0.5) is 5.82 Å². The van der Waals surface area contributed by atoms with Gasteiger partial charge in [0.15, 0.2) is 5.82 Å². The molecule has 0 bridgehead atoms. The van der Waals surface area contributed by atoms with Crippen molar-refractivity contribution < 1.29 is 0 Å². The Hall–Kier alpha value is -2.24. The highest BCUT2D eigenvalue weighted by Gasteiger charge is 2.09. The second kappa shape index (κ2) is 8.23. The lowest BCUT2D eigenvalue weighted by Gasteiger charge is -2.20. The smallest absolute Gasteiger partial charge is 0.155 e. The fourth-order valence-electron chi connectivity index (χ4n) is 2.89. The number of pyridine rings is 1. The molecule has 6 heteroatoms. The van der Waals surface area contributed by atoms with Crippen LogP contribution in [0.5, 0.6) is 0 Å². The fourth-order valence-corrected chi connectivity index (χ4v) is 3.02. The van der Waals surface area contributed by atoms with Crippen LogP contribution in [-0.4, -0.2) is 40.2 Å². The van der Waals surface area contributed by atoms with Gasteiger partial charge < -0.3 is 10.6 Å². The van der Waals surface area contributed by atoms with Crippen molar-refractivity contribution in [2.45, 2.75) is 19.3 Å². The number of hydrogen-bond acceptors (Lipinski definition) is 5. The second-order valence-electron chi connectivity index (χ2n) is 6.23. The highest BCUT2D eigenvalue weighted by Crippen LogP contribution is 2.28. The van der Waals surface area contributed by atoms with Gasteiger partial charge in [0.2, 0.25) is 0 Å². The maximum absolute atomic E-state index is 5.88. The number of anilines is 1. The van der Waals surface area contributed by atoms with E-state index in [0.29, 0.717) is 10.8 Å².